The van der Waals surface area contributed by atoms with Gasteiger partial charge in [0.2, 0.25) is 0 Å². The van der Waals surface area contributed by atoms with Crippen molar-refractivity contribution in [1.29, 1.82) is 0 Å². The van der Waals surface area contributed by atoms with Crippen LogP contribution in [0.25, 0.3) is 11.6 Å². The van der Waals surface area contributed by atoms with Crippen molar-refractivity contribution in [1.82, 2.24) is 0 Å². The van der Waals surface area contributed by atoms with E-state index in [1.54, 1.807) is 0 Å². The van der Waals surface area contributed by atoms with Crippen molar-refractivity contribution < 1.29 is 14.3 Å². The first-order chi connectivity index (χ1) is 15.0. The number of allylic oxidation sites excluding steroid dienone is 1. The van der Waals surface area contributed by atoms with E-state index in [1.807, 2.05) is 13.8 Å². The quantitative estimate of drug-likeness (QED) is 0.309. The van der Waals surface area contributed by atoms with Gasteiger partial charge in [-0.25, -0.2) is 0 Å². The summed E-state index contributed by atoms with van der Waals surface area (Å²) in [5, 5.41) is 0. The van der Waals surface area contributed by atoms with Gasteiger partial charge in [0.1, 0.15) is 5.75 Å². The third-order valence-electron chi connectivity index (χ3n) is 6.02. The number of hydrogen-bond donors (Lipinski definition) is 0. The maximum Gasteiger partial charge on any atom is 0.308 e. The fraction of sp³-hybridized carbons (Fsp3) is 0.464. The second kappa shape index (κ2) is 11.2. The number of esters is 1. The molecule has 31 heavy (non-hydrogen) atoms. The summed E-state index contributed by atoms with van der Waals surface area (Å²) in [6, 6.07) is 13.2. The molecule has 0 amide bonds. The van der Waals surface area contributed by atoms with Crippen LogP contribution in [0, 0.1) is 19.8 Å². The van der Waals surface area contributed by atoms with Crippen LogP contribution in [0.1, 0.15) is 73.8 Å². The number of carbonyl (C=O) groups excluding carboxylic acids is 1. The van der Waals surface area contributed by atoms with E-state index < -0.39 is 0 Å². The highest BCUT2D eigenvalue weighted by molar-refractivity contribution is 5.85. The summed E-state index contributed by atoms with van der Waals surface area (Å²) in [4.78, 5) is 11.6. The Morgan fingerprint density at radius 1 is 0.968 bits per heavy atom. The normalized spacial score (nSPS) is 13.9. The number of fused-ring (bicyclic) bond motifs is 1. The van der Waals surface area contributed by atoms with Crippen LogP contribution in [0.15, 0.2) is 36.4 Å². The third-order valence-corrected chi connectivity index (χ3v) is 6.02. The smallest absolute Gasteiger partial charge is 0.308 e. The monoisotopic (exact) mass is 420 g/mol. The summed E-state index contributed by atoms with van der Waals surface area (Å²) in [7, 11) is 0. The zero-order valence-electron chi connectivity index (χ0n) is 19.5. The van der Waals surface area contributed by atoms with Crippen molar-refractivity contribution in [3.63, 3.8) is 0 Å². The second-order valence-electron chi connectivity index (χ2n) is 8.79. The lowest BCUT2D eigenvalue weighted by Gasteiger charge is -2.19. The van der Waals surface area contributed by atoms with Crippen molar-refractivity contribution in [2.24, 2.45) is 5.92 Å². The molecule has 1 aliphatic rings. The van der Waals surface area contributed by atoms with Gasteiger partial charge < -0.3 is 9.47 Å². The SMILES string of the molecule is CCC(C)C(=O)OCCCCCOc1ccc2c(c1)CCC(c1cc(C)cc(C)c1)=C2. The predicted octanol–water partition coefficient (Wildman–Crippen LogP) is 6.93. The molecule has 0 fully saturated rings. The lowest BCUT2D eigenvalue weighted by Crippen LogP contribution is -2.14. The van der Waals surface area contributed by atoms with Crippen LogP contribution in [0.5, 0.6) is 5.75 Å². The summed E-state index contributed by atoms with van der Waals surface area (Å²) in [6.07, 6.45) is 8.13. The van der Waals surface area contributed by atoms with E-state index in [0.29, 0.717) is 13.2 Å². The van der Waals surface area contributed by atoms with Crippen LogP contribution in [0.2, 0.25) is 0 Å². The Morgan fingerprint density at radius 2 is 1.71 bits per heavy atom. The Hall–Kier alpha value is -2.55. The van der Waals surface area contributed by atoms with E-state index in [9.17, 15) is 4.79 Å². The Kier molecular flexibility index (Phi) is 8.34. The van der Waals surface area contributed by atoms with Crippen LogP contribution in [0.3, 0.4) is 0 Å². The van der Waals surface area contributed by atoms with E-state index in [4.69, 9.17) is 9.47 Å². The van der Waals surface area contributed by atoms with Gasteiger partial charge >= 0.3 is 5.97 Å². The van der Waals surface area contributed by atoms with Crippen molar-refractivity contribution in [3.8, 4) is 5.75 Å². The number of benzene rings is 2. The maximum atomic E-state index is 11.6. The number of rotatable bonds is 10. The highest BCUT2D eigenvalue weighted by Crippen LogP contribution is 2.33. The zero-order valence-corrected chi connectivity index (χ0v) is 19.5. The van der Waals surface area contributed by atoms with Gasteiger partial charge in [0.05, 0.1) is 19.1 Å². The molecule has 0 heterocycles. The Balaban J connectivity index is 1.45. The average Bonchev–Trinajstić information content (AvgIpc) is 2.76. The van der Waals surface area contributed by atoms with E-state index in [0.717, 1.165) is 44.3 Å². The van der Waals surface area contributed by atoms with Gasteiger partial charge in [0.15, 0.2) is 0 Å². The largest absolute Gasteiger partial charge is 0.494 e. The van der Waals surface area contributed by atoms with Crippen LogP contribution in [-0.2, 0) is 16.0 Å². The molecule has 0 aliphatic heterocycles. The lowest BCUT2D eigenvalue weighted by molar-refractivity contribution is -0.148. The van der Waals surface area contributed by atoms with Gasteiger partial charge in [-0.3, -0.25) is 4.79 Å². The molecule has 3 rings (SSSR count). The summed E-state index contributed by atoms with van der Waals surface area (Å²) in [5.74, 6) is 0.868. The standard InChI is InChI=1S/C28H36O3/c1-5-22(4)28(29)31-14-8-6-7-13-30-27-12-11-23-18-24(9-10-25(23)19-27)26-16-20(2)15-21(3)17-26/h11-12,15-19,22H,5-10,13-14H2,1-4H3. The van der Waals surface area contributed by atoms with Crippen LogP contribution >= 0.6 is 0 Å². The number of unbranched alkanes of at least 4 members (excludes halogenated alkanes) is 2. The topological polar surface area (TPSA) is 35.5 Å². The molecule has 0 N–H and O–H groups in total. The van der Waals surface area contributed by atoms with Gasteiger partial charge in [0, 0.05) is 0 Å². The Morgan fingerprint density at radius 3 is 2.45 bits per heavy atom. The summed E-state index contributed by atoms with van der Waals surface area (Å²) in [6.45, 7) is 9.45. The van der Waals surface area contributed by atoms with Crippen molar-refractivity contribution in [3.05, 3.63) is 64.2 Å². The number of hydrogen-bond acceptors (Lipinski definition) is 3. The van der Waals surface area contributed by atoms with E-state index in [2.05, 4.69) is 56.3 Å². The van der Waals surface area contributed by atoms with Crippen LogP contribution in [-0.4, -0.2) is 19.2 Å². The molecule has 0 saturated carbocycles. The van der Waals surface area contributed by atoms with Gasteiger partial charge in [0.25, 0.3) is 0 Å². The molecule has 1 atom stereocenters. The number of ether oxygens (including phenoxy) is 2. The molecule has 0 bridgehead atoms. The molecule has 0 radical (unpaired) electrons. The number of aryl methyl sites for hydroxylation is 3. The molecule has 3 heteroatoms. The summed E-state index contributed by atoms with van der Waals surface area (Å²) >= 11 is 0. The maximum absolute atomic E-state index is 11.6. The Bertz CT molecular complexity index is 906. The van der Waals surface area contributed by atoms with Gasteiger partial charge in [-0.15, -0.1) is 0 Å². The molecular weight excluding hydrogens is 384 g/mol. The molecule has 1 unspecified atom stereocenters. The number of carbonyl (C=O) groups is 1. The minimum atomic E-state index is -0.0810. The highest BCUT2D eigenvalue weighted by atomic mass is 16.5. The van der Waals surface area contributed by atoms with Crippen LogP contribution < -0.4 is 4.74 Å². The van der Waals surface area contributed by atoms with Gasteiger partial charge in [-0.05, 0) is 86.8 Å². The van der Waals surface area contributed by atoms with E-state index in [-0.39, 0.29) is 11.9 Å². The predicted molar refractivity (Wildman–Crippen MR) is 128 cm³/mol. The molecule has 0 spiro atoms. The molecular formula is C28H36O3. The minimum Gasteiger partial charge on any atom is -0.494 e. The van der Waals surface area contributed by atoms with E-state index >= 15 is 0 Å². The fourth-order valence-electron chi connectivity index (χ4n) is 4.00. The summed E-state index contributed by atoms with van der Waals surface area (Å²) in [5.41, 5.74) is 8.07. The molecule has 1 aliphatic carbocycles. The first-order valence-electron chi connectivity index (χ1n) is 11.7. The second-order valence-corrected chi connectivity index (χ2v) is 8.79. The molecule has 166 valence electrons. The zero-order chi connectivity index (χ0) is 22.2. The fourth-order valence-corrected chi connectivity index (χ4v) is 4.00. The lowest BCUT2D eigenvalue weighted by atomic mass is 9.87. The van der Waals surface area contributed by atoms with Crippen molar-refractivity contribution in [2.75, 3.05) is 13.2 Å². The van der Waals surface area contributed by atoms with Crippen molar-refractivity contribution >= 4 is 17.6 Å². The molecule has 3 nitrogen and oxygen atoms in total. The molecule has 2 aromatic rings. The first kappa shape index (κ1) is 23.1. The Labute approximate surface area is 187 Å². The van der Waals surface area contributed by atoms with Crippen LogP contribution in [0.4, 0.5) is 0 Å². The third kappa shape index (κ3) is 6.72. The highest BCUT2D eigenvalue weighted by Gasteiger charge is 2.14. The minimum absolute atomic E-state index is 0.000748. The average molecular weight is 421 g/mol. The van der Waals surface area contributed by atoms with Gasteiger partial charge in [-0.2, -0.15) is 0 Å². The molecule has 0 saturated heterocycles. The molecule has 2 aromatic carbocycles. The van der Waals surface area contributed by atoms with Crippen molar-refractivity contribution in [2.45, 2.75) is 66.2 Å². The van der Waals surface area contributed by atoms with Gasteiger partial charge in [-0.1, -0.05) is 55.3 Å². The summed E-state index contributed by atoms with van der Waals surface area (Å²) < 4.78 is 11.3. The first-order valence-corrected chi connectivity index (χ1v) is 11.7. The molecule has 0 aromatic heterocycles. The van der Waals surface area contributed by atoms with E-state index in [1.165, 1.54) is 33.4 Å².